The maximum atomic E-state index is 11.0. The summed E-state index contributed by atoms with van der Waals surface area (Å²) < 4.78 is 4.79. The van der Waals surface area contributed by atoms with Crippen LogP contribution in [0.1, 0.15) is 20.3 Å². The van der Waals surface area contributed by atoms with E-state index in [-0.39, 0.29) is 12.3 Å². The van der Waals surface area contributed by atoms with Gasteiger partial charge in [-0.3, -0.25) is 9.59 Å². The van der Waals surface area contributed by atoms with Crippen molar-refractivity contribution in [2.24, 2.45) is 17.4 Å². The number of ether oxygens (including phenoxy) is 1. The van der Waals surface area contributed by atoms with E-state index in [1.807, 2.05) is 13.8 Å². The Morgan fingerprint density at radius 3 is 2.31 bits per heavy atom. The van der Waals surface area contributed by atoms with E-state index in [9.17, 15) is 9.59 Å². The number of primary amides is 1. The Hall–Kier alpha value is -1.10. The largest absolute Gasteiger partial charge is 0.464 e. The minimum absolute atomic E-state index is 0.170. The first-order valence-corrected chi connectivity index (χ1v) is 4.14. The Morgan fingerprint density at radius 1 is 1.38 bits per heavy atom. The molecule has 0 aromatic heterocycles. The van der Waals surface area contributed by atoms with Crippen LogP contribution in [0.4, 0.5) is 0 Å². The summed E-state index contributed by atoms with van der Waals surface area (Å²) in [6.07, 6.45) is -0.170. The second-order valence-electron chi connectivity index (χ2n) is 3.30. The van der Waals surface area contributed by atoms with E-state index >= 15 is 0 Å². The van der Waals surface area contributed by atoms with E-state index in [1.165, 1.54) is 0 Å². The van der Waals surface area contributed by atoms with Crippen LogP contribution in [-0.4, -0.2) is 24.5 Å². The number of carbonyl (C=O) groups excluding carboxylic acids is 2. The molecule has 0 aromatic rings. The summed E-state index contributed by atoms with van der Waals surface area (Å²) in [4.78, 5) is 21.4. The fourth-order valence-electron chi connectivity index (χ4n) is 0.656. The molecule has 76 valence electrons. The molecule has 5 nitrogen and oxygen atoms in total. The molecule has 0 fully saturated rings. The normalized spacial score (nSPS) is 12.6. The van der Waals surface area contributed by atoms with E-state index in [4.69, 9.17) is 16.2 Å². The molecule has 0 heterocycles. The molecule has 0 unspecified atom stereocenters. The Bertz CT molecular complexity index is 192. The third kappa shape index (κ3) is 6.10. The lowest BCUT2D eigenvalue weighted by Gasteiger charge is -2.10. The molecule has 1 amide bonds. The lowest BCUT2D eigenvalue weighted by Crippen LogP contribution is -2.36. The second-order valence-corrected chi connectivity index (χ2v) is 3.30. The quantitative estimate of drug-likeness (QED) is 0.562. The molecule has 0 saturated carbocycles. The van der Waals surface area contributed by atoms with Crippen LogP contribution in [0.5, 0.6) is 0 Å². The van der Waals surface area contributed by atoms with Crippen LogP contribution in [0.25, 0.3) is 0 Å². The molecule has 0 radical (unpaired) electrons. The van der Waals surface area contributed by atoms with Gasteiger partial charge in [0.05, 0.1) is 13.0 Å². The first kappa shape index (κ1) is 11.9. The molecule has 0 aliphatic carbocycles. The summed E-state index contributed by atoms with van der Waals surface area (Å²) in [6, 6.07) is -0.934. The van der Waals surface area contributed by atoms with Gasteiger partial charge in [-0.25, -0.2) is 0 Å². The predicted molar refractivity (Wildman–Crippen MR) is 47.6 cm³/mol. The van der Waals surface area contributed by atoms with Crippen molar-refractivity contribution in [3.05, 3.63) is 0 Å². The average Bonchev–Trinajstić information content (AvgIpc) is 1.98. The maximum absolute atomic E-state index is 11.0. The number of hydrogen-bond donors (Lipinski definition) is 2. The van der Waals surface area contributed by atoms with Crippen molar-refractivity contribution in [3.63, 3.8) is 0 Å². The zero-order valence-electron chi connectivity index (χ0n) is 7.95. The van der Waals surface area contributed by atoms with Crippen molar-refractivity contribution >= 4 is 11.9 Å². The van der Waals surface area contributed by atoms with Gasteiger partial charge in [0.15, 0.2) is 0 Å². The molecule has 0 saturated heterocycles. The lowest BCUT2D eigenvalue weighted by atomic mass is 10.2. The van der Waals surface area contributed by atoms with Crippen molar-refractivity contribution in [1.29, 1.82) is 0 Å². The van der Waals surface area contributed by atoms with E-state index in [2.05, 4.69) is 0 Å². The molecule has 0 aliphatic rings. The Kier molecular flexibility index (Phi) is 5.06. The number of hydrogen-bond acceptors (Lipinski definition) is 4. The zero-order chi connectivity index (χ0) is 10.4. The minimum atomic E-state index is -0.934. The molecular formula is C8H16N2O3. The van der Waals surface area contributed by atoms with Crippen LogP contribution < -0.4 is 11.5 Å². The number of rotatable bonds is 5. The van der Waals surface area contributed by atoms with Crippen LogP contribution in [0.2, 0.25) is 0 Å². The predicted octanol–water partition coefficient (Wildman–Crippen LogP) is -0.612. The summed E-state index contributed by atoms with van der Waals surface area (Å²) in [7, 11) is 0. The molecule has 0 rings (SSSR count). The summed E-state index contributed by atoms with van der Waals surface area (Å²) in [5, 5.41) is 0. The Morgan fingerprint density at radius 2 is 1.92 bits per heavy atom. The monoisotopic (exact) mass is 188 g/mol. The van der Waals surface area contributed by atoms with Gasteiger partial charge in [0.2, 0.25) is 5.91 Å². The van der Waals surface area contributed by atoms with Gasteiger partial charge in [-0.15, -0.1) is 0 Å². The second kappa shape index (κ2) is 5.53. The Labute approximate surface area is 77.4 Å². The number of nitrogens with two attached hydrogens (primary N) is 2. The van der Waals surface area contributed by atoms with Gasteiger partial charge in [-0.05, 0) is 5.92 Å². The summed E-state index contributed by atoms with van der Waals surface area (Å²) in [5.41, 5.74) is 10.2. The van der Waals surface area contributed by atoms with Crippen molar-refractivity contribution in [2.45, 2.75) is 26.3 Å². The van der Waals surface area contributed by atoms with Gasteiger partial charge in [0.1, 0.15) is 6.04 Å². The molecule has 4 N–H and O–H groups in total. The molecule has 5 heteroatoms. The molecular weight excluding hydrogens is 172 g/mol. The van der Waals surface area contributed by atoms with Crippen LogP contribution in [0.15, 0.2) is 0 Å². The van der Waals surface area contributed by atoms with E-state index in [0.29, 0.717) is 6.61 Å². The Balaban J connectivity index is 3.76. The third-order valence-corrected chi connectivity index (χ3v) is 1.28. The molecule has 0 aliphatic heterocycles. The van der Waals surface area contributed by atoms with E-state index < -0.39 is 17.9 Å². The van der Waals surface area contributed by atoms with Crippen molar-refractivity contribution in [1.82, 2.24) is 0 Å². The van der Waals surface area contributed by atoms with Gasteiger partial charge < -0.3 is 16.2 Å². The first-order chi connectivity index (χ1) is 5.93. The number of carbonyl (C=O) groups is 2. The first-order valence-electron chi connectivity index (χ1n) is 4.14. The van der Waals surface area contributed by atoms with E-state index in [1.54, 1.807) is 0 Å². The van der Waals surface area contributed by atoms with Crippen LogP contribution in [0.3, 0.4) is 0 Å². The fraction of sp³-hybridized carbons (Fsp3) is 0.750. The minimum Gasteiger partial charge on any atom is -0.464 e. The molecule has 0 aromatic carbocycles. The maximum Gasteiger partial charge on any atom is 0.323 e. The molecule has 0 bridgehead atoms. The van der Waals surface area contributed by atoms with Gasteiger partial charge in [-0.1, -0.05) is 13.8 Å². The highest BCUT2D eigenvalue weighted by Crippen LogP contribution is 1.96. The van der Waals surface area contributed by atoms with Gasteiger partial charge >= 0.3 is 5.97 Å². The van der Waals surface area contributed by atoms with Gasteiger partial charge in [0.25, 0.3) is 0 Å². The van der Waals surface area contributed by atoms with Crippen molar-refractivity contribution in [3.8, 4) is 0 Å². The van der Waals surface area contributed by atoms with Gasteiger partial charge in [-0.2, -0.15) is 0 Å². The average molecular weight is 188 g/mol. The lowest BCUT2D eigenvalue weighted by molar-refractivity contribution is -0.147. The number of esters is 1. The number of amides is 1. The SMILES string of the molecule is CC(C)COC(=O)[C@@H](N)CC(N)=O. The smallest absolute Gasteiger partial charge is 0.323 e. The topological polar surface area (TPSA) is 95.4 Å². The summed E-state index contributed by atoms with van der Waals surface area (Å²) >= 11 is 0. The summed E-state index contributed by atoms with van der Waals surface area (Å²) in [5.74, 6) is -0.925. The highest BCUT2D eigenvalue weighted by Gasteiger charge is 2.17. The van der Waals surface area contributed by atoms with Crippen molar-refractivity contribution < 1.29 is 14.3 Å². The molecule has 1 atom stereocenters. The third-order valence-electron chi connectivity index (χ3n) is 1.28. The van der Waals surface area contributed by atoms with E-state index in [0.717, 1.165) is 0 Å². The fourth-order valence-corrected chi connectivity index (χ4v) is 0.656. The van der Waals surface area contributed by atoms with Gasteiger partial charge in [0, 0.05) is 0 Å². The summed E-state index contributed by atoms with van der Waals surface area (Å²) in [6.45, 7) is 4.13. The van der Waals surface area contributed by atoms with Crippen LogP contribution in [-0.2, 0) is 14.3 Å². The zero-order valence-corrected chi connectivity index (χ0v) is 7.95. The van der Waals surface area contributed by atoms with Crippen LogP contribution >= 0.6 is 0 Å². The highest BCUT2D eigenvalue weighted by atomic mass is 16.5. The highest BCUT2D eigenvalue weighted by molar-refractivity contribution is 5.84. The standard InChI is InChI=1S/C8H16N2O3/c1-5(2)4-13-8(12)6(9)3-7(10)11/h5-6H,3-4,9H2,1-2H3,(H2,10,11)/t6-/m0/s1. The van der Waals surface area contributed by atoms with Crippen LogP contribution in [0, 0.1) is 5.92 Å². The van der Waals surface area contributed by atoms with Crippen molar-refractivity contribution in [2.75, 3.05) is 6.61 Å². The molecule has 0 spiro atoms. The molecule has 13 heavy (non-hydrogen) atoms.